The quantitative estimate of drug-likeness (QED) is 0.583. The van der Waals surface area contributed by atoms with Crippen LogP contribution in [-0.4, -0.2) is 11.9 Å². The average Bonchev–Trinajstić information content (AvgIpc) is 2.49. The number of carbonyl (C=O) groups is 2. The monoisotopic (exact) mass is 280 g/mol. The van der Waals surface area contributed by atoms with Crippen LogP contribution >= 0.6 is 0 Å². The number of rotatable bonds is 7. The van der Waals surface area contributed by atoms with Crippen molar-refractivity contribution in [2.24, 2.45) is 11.8 Å². The normalized spacial score (nSPS) is 10.2. The molecule has 1 aromatic carbocycles. The maximum absolute atomic E-state index is 11.6. The van der Waals surface area contributed by atoms with Gasteiger partial charge in [-0.2, -0.15) is 11.8 Å². The average molecular weight is 280 g/mol. The summed E-state index contributed by atoms with van der Waals surface area (Å²) in [5.74, 6) is 8.50. The molecule has 0 radical (unpaired) electrons. The molecular formula is C14H20N2O4. The van der Waals surface area contributed by atoms with E-state index >= 15 is 0 Å². The van der Waals surface area contributed by atoms with Crippen LogP contribution in [0.2, 0.25) is 0 Å². The van der Waals surface area contributed by atoms with Gasteiger partial charge in [0.2, 0.25) is 0 Å². The van der Waals surface area contributed by atoms with Crippen molar-refractivity contribution in [3.8, 4) is 0 Å². The van der Waals surface area contributed by atoms with Gasteiger partial charge in [0.15, 0.2) is 0 Å². The first-order chi connectivity index (χ1) is 9.63. The Kier molecular flexibility index (Phi) is 6.69. The Labute approximate surface area is 117 Å². The van der Waals surface area contributed by atoms with Crippen LogP contribution < -0.4 is 11.8 Å². The number of hydrogen-bond acceptors (Lipinski definition) is 6. The predicted octanol–water partition coefficient (Wildman–Crippen LogP) is 1.87. The van der Waals surface area contributed by atoms with Gasteiger partial charge >= 0.3 is 11.9 Å². The van der Waals surface area contributed by atoms with Crippen LogP contribution in [0.3, 0.4) is 0 Å². The Balaban J connectivity index is 2.94. The van der Waals surface area contributed by atoms with Crippen molar-refractivity contribution in [3.63, 3.8) is 0 Å². The Morgan fingerprint density at radius 2 is 1.75 bits per heavy atom. The smallest absolute Gasteiger partial charge is 0.356 e. The number of hydrogen-bond donors (Lipinski definition) is 2. The lowest BCUT2D eigenvalue weighted by molar-refractivity contribution is 0.0488. The molecule has 0 aliphatic carbocycles. The highest BCUT2D eigenvalue weighted by atomic mass is 16.7. The Morgan fingerprint density at radius 1 is 1.05 bits per heavy atom. The molecule has 0 aliphatic rings. The van der Waals surface area contributed by atoms with E-state index in [0.29, 0.717) is 23.1 Å². The van der Waals surface area contributed by atoms with Gasteiger partial charge in [-0.05, 0) is 36.6 Å². The summed E-state index contributed by atoms with van der Waals surface area (Å²) in [4.78, 5) is 31.4. The van der Waals surface area contributed by atoms with Crippen molar-refractivity contribution in [3.05, 3.63) is 34.9 Å². The number of unbranched alkanes of at least 4 members (excludes halogenated alkanes) is 3. The van der Waals surface area contributed by atoms with Gasteiger partial charge in [0.1, 0.15) is 0 Å². The summed E-state index contributed by atoms with van der Waals surface area (Å²) in [6.45, 7) is 2.12. The molecule has 0 amide bonds. The van der Waals surface area contributed by atoms with Crippen LogP contribution in [0.5, 0.6) is 0 Å². The van der Waals surface area contributed by atoms with Crippen molar-refractivity contribution < 1.29 is 19.3 Å². The molecule has 110 valence electrons. The van der Waals surface area contributed by atoms with Crippen molar-refractivity contribution in [2.75, 3.05) is 0 Å². The molecule has 1 aromatic rings. The van der Waals surface area contributed by atoms with Crippen LogP contribution in [0.4, 0.5) is 0 Å². The van der Waals surface area contributed by atoms with E-state index in [1.807, 2.05) is 0 Å². The van der Waals surface area contributed by atoms with Crippen molar-refractivity contribution in [1.29, 1.82) is 0 Å². The molecule has 0 aromatic heterocycles. The molecule has 0 bridgehead atoms. The summed E-state index contributed by atoms with van der Waals surface area (Å²) in [5, 5.41) is 0. The van der Waals surface area contributed by atoms with Gasteiger partial charge in [-0.3, -0.25) is 0 Å². The lowest BCUT2D eigenvalue weighted by atomic mass is 9.98. The van der Waals surface area contributed by atoms with E-state index in [4.69, 9.17) is 11.8 Å². The minimum absolute atomic E-state index is 0.298. The highest BCUT2D eigenvalue weighted by Crippen LogP contribution is 2.17. The lowest BCUT2D eigenvalue weighted by Crippen LogP contribution is -2.15. The van der Waals surface area contributed by atoms with E-state index in [-0.39, 0.29) is 0 Å². The third kappa shape index (κ3) is 4.32. The van der Waals surface area contributed by atoms with Gasteiger partial charge in [-0.1, -0.05) is 26.2 Å². The highest BCUT2D eigenvalue weighted by molar-refractivity contribution is 5.94. The van der Waals surface area contributed by atoms with Gasteiger partial charge < -0.3 is 9.68 Å². The summed E-state index contributed by atoms with van der Waals surface area (Å²) in [6.07, 6.45) is 4.88. The van der Waals surface area contributed by atoms with Crippen molar-refractivity contribution >= 4 is 11.9 Å². The zero-order valence-corrected chi connectivity index (χ0v) is 11.6. The first-order valence-electron chi connectivity index (χ1n) is 6.59. The molecule has 0 aliphatic heterocycles. The second-order valence-electron chi connectivity index (χ2n) is 4.49. The highest BCUT2D eigenvalue weighted by Gasteiger charge is 2.15. The topological polar surface area (TPSA) is 105 Å². The summed E-state index contributed by atoms with van der Waals surface area (Å²) in [5.41, 5.74) is 1.36. The van der Waals surface area contributed by atoms with E-state index in [9.17, 15) is 9.59 Å². The van der Waals surface area contributed by atoms with E-state index in [2.05, 4.69) is 16.6 Å². The maximum Gasteiger partial charge on any atom is 0.356 e. The fourth-order valence-electron chi connectivity index (χ4n) is 2.00. The largest absolute Gasteiger partial charge is 0.370 e. The third-order valence-electron chi connectivity index (χ3n) is 3.07. The van der Waals surface area contributed by atoms with Crippen molar-refractivity contribution in [2.45, 2.75) is 39.0 Å². The van der Waals surface area contributed by atoms with E-state index in [1.54, 1.807) is 6.07 Å². The third-order valence-corrected chi connectivity index (χ3v) is 3.07. The van der Waals surface area contributed by atoms with Crippen LogP contribution in [-0.2, 0) is 16.1 Å². The van der Waals surface area contributed by atoms with Gasteiger partial charge in [-0.15, -0.1) is 0 Å². The number of aryl methyl sites for hydroxylation is 1. The summed E-state index contributed by atoms with van der Waals surface area (Å²) >= 11 is 0. The summed E-state index contributed by atoms with van der Waals surface area (Å²) < 4.78 is 0. The minimum Gasteiger partial charge on any atom is -0.370 e. The first-order valence-corrected chi connectivity index (χ1v) is 6.59. The molecule has 0 fully saturated rings. The number of benzene rings is 1. The zero-order valence-electron chi connectivity index (χ0n) is 11.6. The van der Waals surface area contributed by atoms with Crippen LogP contribution in [0.1, 0.15) is 58.9 Å². The summed E-state index contributed by atoms with van der Waals surface area (Å²) in [6, 6.07) is 4.54. The second-order valence-corrected chi connectivity index (χ2v) is 4.49. The van der Waals surface area contributed by atoms with E-state index in [1.165, 1.54) is 12.1 Å². The molecular weight excluding hydrogens is 260 g/mol. The molecule has 0 unspecified atom stereocenters. The van der Waals surface area contributed by atoms with Gasteiger partial charge in [0.25, 0.3) is 0 Å². The molecule has 0 atom stereocenters. The van der Waals surface area contributed by atoms with Crippen LogP contribution in [0.15, 0.2) is 18.2 Å². The number of carbonyl (C=O) groups excluding carboxylic acids is 2. The molecule has 4 N–H and O–H groups in total. The molecule has 1 rings (SSSR count). The zero-order chi connectivity index (χ0) is 15.0. The van der Waals surface area contributed by atoms with Crippen molar-refractivity contribution in [1.82, 2.24) is 0 Å². The fourth-order valence-corrected chi connectivity index (χ4v) is 2.00. The Bertz CT molecular complexity index is 474. The second kappa shape index (κ2) is 8.29. The number of nitrogens with two attached hydrogens (primary N) is 2. The Hall–Kier alpha value is -1.92. The minimum atomic E-state index is -0.646. The molecule has 0 heterocycles. The van der Waals surface area contributed by atoms with Crippen LogP contribution in [0.25, 0.3) is 0 Å². The van der Waals surface area contributed by atoms with Gasteiger partial charge in [-0.25, -0.2) is 9.59 Å². The molecule has 0 saturated carbocycles. The lowest BCUT2D eigenvalue weighted by Gasteiger charge is -2.09. The molecule has 6 heteroatoms. The Morgan fingerprint density at radius 3 is 2.35 bits per heavy atom. The standard InChI is InChI=1S/C14H20N2O4/c1-2-3-4-5-6-10-9-11(13(17)19-15)7-8-12(10)14(18)20-16/h7-9H,2-6,15-16H2,1H3. The molecule has 0 spiro atoms. The van der Waals surface area contributed by atoms with Gasteiger partial charge in [0, 0.05) is 0 Å². The van der Waals surface area contributed by atoms with E-state index in [0.717, 1.165) is 25.7 Å². The van der Waals surface area contributed by atoms with E-state index < -0.39 is 11.9 Å². The SMILES string of the molecule is CCCCCCc1cc(C(=O)ON)ccc1C(=O)ON. The van der Waals surface area contributed by atoms with Crippen LogP contribution in [0, 0.1) is 0 Å². The summed E-state index contributed by atoms with van der Waals surface area (Å²) in [7, 11) is 0. The molecule has 0 saturated heterocycles. The molecule has 6 nitrogen and oxygen atoms in total. The predicted molar refractivity (Wildman–Crippen MR) is 73.5 cm³/mol. The first kappa shape index (κ1) is 16.1. The maximum atomic E-state index is 11.6. The fraction of sp³-hybridized carbons (Fsp3) is 0.429. The molecule has 20 heavy (non-hydrogen) atoms. The van der Waals surface area contributed by atoms with Gasteiger partial charge in [0.05, 0.1) is 11.1 Å².